The summed E-state index contributed by atoms with van der Waals surface area (Å²) in [7, 11) is 1.59. The van der Waals surface area contributed by atoms with E-state index in [2.05, 4.69) is 0 Å². The summed E-state index contributed by atoms with van der Waals surface area (Å²) in [4.78, 5) is 0. The Morgan fingerprint density at radius 1 is 1.38 bits per heavy atom. The van der Waals surface area contributed by atoms with E-state index in [4.69, 9.17) is 15.2 Å². The molecule has 0 aliphatic heterocycles. The zero-order valence-corrected chi connectivity index (χ0v) is 7.99. The lowest BCUT2D eigenvalue weighted by molar-refractivity contribution is 0.0502. The second kappa shape index (κ2) is 4.84. The number of hydrogen-bond acceptors (Lipinski definition) is 3. The van der Waals surface area contributed by atoms with E-state index in [1.54, 1.807) is 7.11 Å². The van der Waals surface area contributed by atoms with Gasteiger partial charge in [-0.2, -0.15) is 0 Å². The zero-order chi connectivity index (χ0) is 9.68. The fraction of sp³-hybridized carbons (Fsp3) is 0.400. The van der Waals surface area contributed by atoms with Gasteiger partial charge in [-0.15, -0.1) is 0 Å². The highest BCUT2D eigenvalue weighted by Crippen LogP contribution is 2.22. The van der Waals surface area contributed by atoms with E-state index in [-0.39, 0.29) is 12.8 Å². The molecule has 0 unspecified atom stereocenters. The van der Waals surface area contributed by atoms with Gasteiger partial charge in [-0.1, -0.05) is 18.2 Å². The molecule has 0 fully saturated rings. The molecule has 0 saturated heterocycles. The Morgan fingerprint density at radius 2 is 2.08 bits per heavy atom. The lowest BCUT2D eigenvalue weighted by Gasteiger charge is -2.12. The van der Waals surface area contributed by atoms with Crippen molar-refractivity contribution in [1.29, 1.82) is 0 Å². The van der Waals surface area contributed by atoms with E-state index in [1.165, 1.54) is 0 Å². The van der Waals surface area contributed by atoms with Crippen LogP contribution >= 0.6 is 0 Å². The predicted molar refractivity (Wildman–Crippen MR) is 51.5 cm³/mol. The Bertz CT molecular complexity index is 261. The maximum Gasteiger partial charge on any atom is 0.188 e. The van der Waals surface area contributed by atoms with Crippen LogP contribution in [0, 0.1) is 0 Å². The highest BCUT2D eigenvalue weighted by molar-refractivity contribution is 5.35. The van der Waals surface area contributed by atoms with Gasteiger partial charge in [-0.25, -0.2) is 0 Å². The van der Waals surface area contributed by atoms with E-state index in [9.17, 15) is 0 Å². The molecule has 0 amide bonds. The molecule has 1 atom stereocenters. The highest BCUT2D eigenvalue weighted by Gasteiger charge is 2.05. The van der Waals surface area contributed by atoms with Gasteiger partial charge < -0.3 is 15.2 Å². The van der Waals surface area contributed by atoms with Crippen LogP contribution in [0.15, 0.2) is 24.3 Å². The molecular formula is C10H15NO2. The summed E-state index contributed by atoms with van der Waals surface area (Å²) >= 11 is 0. The fourth-order valence-corrected chi connectivity index (χ4v) is 1.11. The summed E-state index contributed by atoms with van der Waals surface area (Å²) in [6.45, 7) is 2.18. The Morgan fingerprint density at radius 3 is 2.69 bits per heavy atom. The molecule has 72 valence electrons. The summed E-state index contributed by atoms with van der Waals surface area (Å²) in [6.07, 6.45) is 0. The Labute approximate surface area is 78.5 Å². The molecule has 0 bridgehead atoms. The molecule has 0 aliphatic rings. The smallest absolute Gasteiger partial charge is 0.188 e. The number of para-hydroxylation sites is 1. The van der Waals surface area contributed by atoms with E-state index in [0.29, 0.717) is 0 Å². The molecule has 3 nitrogen and oxygen atoms in total. The topological polar surface area (TPSA) is 44.5 Å². The fourth-order valence-electron chi connectivity index (χ4n) is 1.11. The minimum absolute atomic E-state index is 0.0203. The minimum Gasteiger partial charge on any atom is -0.467 e. The number of methoxy groups -OCH3 is 1. The van der Waals surface area contributed by atoms with E-state index < -0.39 is 0 Å². The maximum absolute atomic E-state index is 5.77. The molecule has 0 heterocycles. The van der Waals surface area contributed by atoms with E-state index in [0.717, 1.165) is 11.3 Å². The Balaban J connectivity index is 2.78. The van der Waals surface area contributed by atoms with Crippen molar-refractivity contribution in [3.05, 3.63) is 29.8 Å². The normalized spacial score (nSPS) is 12.5. The molecule has 13 heavy (non-hydrogen) atoms. The van der Waals surface area contributed by atoms with E-state index in [1.807, 2.05) is 31.2 Å². The number of ether oxygens (including phenoxy) is 2. The summed E-state index contributed by atoms with van der Waals surface area (Å²) < 4.78 is 10.2. The lowest BCUT2D eigenvalue weighted by Crippen LogP contribution is -2.08. The van der Waals surface area contributed by atoms with Crippen LogP contribution < -0.4 is 10.5 Å². The molecule has 1 aromatic rings. The van der Waals surface area contributed by atoms with Crippen LogP contribution in [0.4, 0.5) is 0 Å². The monoisotopic (exact) mass is 181 g/mol. The Hall–Kier alpha value is -1.06. The largest absolute Gasteiger partial charge is 0.467 e. The van der Waals surface area contributed by atoms with Crippen molar-refractivity contribution in [2.45, 2.75) is 13.0 Å². The van der Waals surface area contributed by atoms with Crippen LogP contribution in [0.2, 0.25) is 0 Å². The standard InChI is InChI=1S/C10H15NO2/c1-8(11)9-5-3-4-6-10(9)13-7-12-2/h3-6,8H,7,11H2,1-2H3/t8-/m1/s1. The number of hydrogen-bond donors (Lipinski definition) is 1. The van der Waals surface area contributed by atoms with Crippen molar-refractivity contribution in [1.82, 2.24) is 0 Å². The van der Waals surface area contributed by atoms with Crippen molar-refractivity contribution in [3.63, 3.8) is 0 Å². The average Bonchev–Trinajstić information content (AvgIpc) is 2.15. The second-order valence-electron chi connectivity index (χ2n) is 2.88. The van der Waals surface area contributed by atoms with Gasteiger partial charge in [-0.3, -0.25) is 0 Å². The predicted octanol–water partition coefficient (Wildman–Crippen LogP) is 1.69. The number of rotatable bonds is 4. The lowest BCUT2D eigenvalue weighted by atomic mass is 10.1. The van der Waals surface area contributed by atoms with Crippen molar-refractivity contribution in [2.24, 2.45) is 5.73 Å². The van der Waals surface area contributed by atoms with Crippen LogP contribution in [0.25, 0.3) is 0 Å². The summed E-state index contributed by atoms with van der Waals surface area (Å²) in [5.74, 6) is 0.791. The summed E-state index contributed by atoms with van der Waals surface area (Å²) in [5.41, 5.74) is 6.77. The van der Waals surface area contributed by atoms with Crippen LogP contribution in [-0.2, 0) is 4.74 Å². The van der Waals surface area contributed by atoms with Gasteiger partial charge >= 0.3 is 0 Å². The van der Waals surface area contributed by atoms with Gasteiger partial charge in [0.1, 0.15) is 5.75 Å². The molecule has 0 aromatic heterocycles. The SMILES string of the molecule is COCOc1ccccc1[C@@H](C)N. The third-order valence-corrected chi connectivity index (χ3v) is 1.74. The molecular weight excluding hydrogens is 166 g/mol. The van der Waals surface area contributed by atoms with Gasteiger partial charge in [0.25, 0.3) is 0 Å². The first-order chi connectivity index (χ1) is 6.25. The minimum atomic E-state index is -0.0203. The van der Waals surface area contributed by atoms with Crippen molar-refractivity contribution in [3.8, 4) is 5.75 Å². The molecule has 1 rings (SSSR count). The summed E-state index contributed by atoms with van der Waals surface area (Å²) in [6, 6.07) is 7.68. The van der Waals surface area contributed by atoms with Crippen molar-refractivity contribution >= 4 is 0 Å². The molecule has 0 spiro atoms. The number of benzene rings is 1. The van der Waals surface area contributed by atoms with Gasteiger partial charge in [0.15, 0.2) is 6.79 Å². The molecule has 0 saturated carbocycles. The summed E-state index contributed by atoms with van der Waals surface area (Å²) in [5, 5.41) is 0. The molecule has 0 aliphatic carbocycles. The van der Waals surface area contributed by atoms with Gasteiger partial charge in [0, 0.05) is 18.7 Å². The Kier molecular flexibility index (Phi) is 3.73. The molecule has 0 radical (unpaired) electrons. The van der Waals surface area contributed by atoms with Crippen LogP contribution in [-0.4, -0.2) is 13.9 Å². The van der Waals surface area contributed by atoms with Crippen molar-refractivity contribution < 1.29 is 9.47 Å². The van der Waals surface area contributed by atoms with Gasteiger partial charge in [-0.05, 0) is 13.0 Å². The van der Waals surface area contributed by atoms with Crippen molar-refractivity contribution in [2.75, 3.05) is 13.9 Å². The average molecular weight is 181 g/mol. The molecule has 1 aromatic carbocycles. The number of nitrogens with two attached hydrogens (primary N) is 1. The molecule has 3 heteroatoms. The van der Waals surface area contributed by atoms with Crippen LogP contribution in [0.3, 0.4) is 0 Å². The third-order valence-electron chi connectivity index (χ3n) is 1.74. The first-order valence-electron chi connectivity index (χ1n) is 4.22. The van der Waals surface area contributed by atoms with Crippen LogP contribution in [0.1, 0.15) is 18.5 Å². The first-order valence-corrected chi connectivity index (χ1v) is 4.22. The van der Waals surface area contributed by atoms with Gasteiger partial charge in [0.2, 0.25) is 0 Å². The zero-order valence-electron chi connectivity index (χ0n) is 7.99. The second-order valence-corrected chi connectivity index (χ2v) is 2.88. The first kappa shape index (κ1) is 10.0. The van der Waals surface area contributed by atoms with E-state index >= 15 is 0 Å². The quantitative estimate of drug-likeness (QED) is 0.719. The molecule has 2 N–H and O–H groups in total. The third kappa shape index (κ3) is 2.72. The van der Waals surface area contributed by atoms with Crippen LogP contribution in [0.5, 0.6) is 5.75 Å². The van der Waals surface area contributed by atoms with Gasteiger partial charge in [0.05, 0.1) is 0 Å². The maximum atomic E-state index is 5.77. The highest BCUT2D eigenvalue weighted by atomic mass is 16.7.